The third-order valence-corrected chi connectivity index (χ3v) is 4.11. The molecular formula is C20H14ClN3O. The lowest BCUT2D eigenvalue weighted by atomic mass is 10.2. The number of nitrogens with zero attached hydrogens (tertiary/aromatic N) is 2. The topological polar surface area (TPSA) is 46.9 Å². The first kappa shape index (κ1) is 15.4. The fraction of sp³-hybridized carbons (Fsp3) is 0. The van der Waals surface area contributed by atoms with Gasteiger partial charge >= 0.3 is 0 Å². The van der Waals surface area contributed by atoms with Gasteiger partial charge in [0.2, 0.25) is 0 Å². The average Bonchev–Trinajstić information content (AvgIpc) is 2.65. The standard InChI is InChI=1S/C20H14ClN3O/c21-15-9-6-10-16(13-15)23-24-19(14-7-2-1-3-8-14)22-18-12-5-4-11-17(18)20(24)25/h1-13,23H. The van der Waals surface area contributed by atoms with Gasteiger partial charge in [0.15, 0.2) is 5.82 Å². The summed E-state index contributed by atoms with van der Waals surface area (Å²) in [6.07, 6.45) is 0. The van der Waals surface area contributed by atoms with Crippen molar-refractivity contribution >= 4 is 28.2 Å². The van der Waals surface area contributed by atoms with Crippen LogP contribution in [0.2, 0.25) is 5.02 Å². The van der Waals surface area contributed by atoms with Gasteiger partial charge in [-0.05, 0) is 30.3 Å². The minimum atomic E-state index is -0.163. The number of fused-ring (bicyclic) bond motifs is 1. The van der Waals surface area contributed by atoms with E-state index in [9.17, 15) is 4.79 Å². The molecule has 0 aliphatic carbocycles. The first-order chi connectivity index (χ1) is 12.2. The Kier molecular flexibility index (Phi) is 3.96. The van der Waals surface area contributed by atoms with E-state index in [1.807, 2.05) is 60.7 Å². The number of para-hydroxylation sites is 1. The number of aromatic nitrogens is 2. The summed E-state index contributed by atoms with van der Waals surface area (Å²) in [6.45, 7) is 0. The zero-order chi connectivity index (χ0) is 17.2. The predicted octanol–water partition coefficient (Wildman–Crippen LogP) is 4.59. The van der Waals surface area contributed by atoms with E-state index >= 15 is 0 Å². The zero-order valence-electron chi connectivity index (χ0n) is 13.2. The molecule has 0 atom stereocenters. The molecule has 3 aromatic carbocycles. The first-order valence-corrected chi connectivity index (χ1v) is 8.20. The lowest BCUT2D eigenvalue weighted by Gasteiger charge is -2.15. The number of hydrogen-bond acceptors (Lipinski definition) is 3. The van der Waals surface area contributed by atoms with Crippen molar-refractivity contribution in [3.63, 3.8) is 0 Å². The van der Waals surface area contributed by atoms with Crippen molar-refractivity contribution in [1.82, 2.24) is 9.66 Å². The van der Waals surface area contributed by atoms with Crippen LogP contribution < -0.4 is 11.0 Å². The van der Waals surface area contributed by atoms with E-state index in [1.54, 1.807) is 18.2 Å². The van der Waals surface area contributed by atoms with Gasteiger partial charge < -0.3 is 0 Å². The van der Waals surface area contributed by atoms with E-state index in [4.69, 9.17) is 16.6 Å². The summed E-state index contributed by atoms with van der Waals surface area (Å²) in [5.41, 5.74) is 5.19. The Labute approximate surface area is 149 Å². The van der Waals surface area contributed by atoms with Crippen LogP contribution in [0.25, 0.3) is 22.3 Å². The summed E-state index contributed by atoms with van der Waals surface area (Å²) in [4.78, 5) is 17.7. The van der Waals surface area contributed by atoms with Crippen molar-refractivity contribution in [2.45, 2.75) is 0 Å². The zero-order valence-corrected chi connectivity index (χ0v) is 13.9. The molecule has 4 nitrogen and oxygen atoms in total. The number of anilines is 1. The second-order valence-electron chi connectivity index (χ2n) is 5.58. The van der Waals surface area contributed by atoms with Gasteiger partial charge in [-0.25, -0.2) is 9.66 Å². The highest BCUT2D eigenvalue weighted by atomic mass is 35.5. The molecule has 4 rings (SSSR count). The maximum atomic E-state index is 13.0. The highest BCUT2D eigenvalue weighted by molar-refractivity contribution is 6.30. The molecule has 0 aliphatic heterocycles. The summed E-state index contributed by atoms with van der Waals surface area (Å²) < 4.78 is 1.46. The van der Waals surface area contributed by atoms with Crippen LogP contribution in [0, 0.1) is 0 Å². The van der Waals surface area contributed by atoms with Gasteiger partial charge in [0.05, 0.1) is 16.6 Å². The maximum Gasteiger partial charge on any atom is 0.280 e. The minimum absolute atomic E-state index is 0.163. The lowest BCUT2D eigenvalue weighted by molar-refractivity contribution is 0.893. The quantitative estimate of drug-likeness (QED) is 0.589. The van der Waals surface area contributed by atoms with Gasteiger partial charge in [0.25, 0.3) is 5.56 Å². The molecule has 25 heavy (non-hydrogen) atoms. The minimum Gasteiger partial charge on any atom is -0.290 e. The van der Waals surface area contributed by atoms with Crippen molar-refractivity contribution in [1.29, 1.82) is 0 Å². The number of rotatable bonds is 3. The fourth-order valence-corrected chi connectivity index (χ4v) is 2.89. The largest absolute Gasteiger partial charge is 0.290 e. The smallest absolute Gasteiger partial charge is 0.280 e. The van der Waals surface area contributed by atoms with Crippen LogP contribution in [-0.2, 0) is 0 Å². The molecule has 4 aromatic rings. The summed E-state index contributed by atoms with van der Waals surface area (Å²) in [6, 6.07) is 24.1. The molecular weight excluding hydrogens is 334 g/mol. The van der Waals surface area contributed by atoms with Crippen molar-refractivity contribution < 1.29 is 0 Å². The molecule has 0 spiro atoms. The molecule has 122 valence electrons. The summed E-state index contributed by atoms with van der Waals surface area (Å²) in [5, 5.41) is 1.14. The Hall–Kier alpha value is -3.11. The van der Waals surface area contributed by atoms with Crippen LogP contribution >= 0.6 is 11.6 Å². The molecule has 1 heterocycles. The van der Waals surface area contributed by atoms with Crippen LogP contribution in [0.3, 0.4) is 0 Å². The van der Waals surface area contributed by atoms with Gasteiger partial charge in [-0.3, -0.25) is 10.2 Å². The van der Waals surface area contributed by atoms with Crippen molar-refractivity contribution in [2.24, 2.45) is 0 Å². The number of halogens is 1. The molecule has 0 amide bonds. The molecule has 0 saturated carbocycles. The predicted molar refractivity (Wildman–Crippen MR) is 102 cm³/mol. The summed E-state index contributed by atoms with van der Waals surface area (Å²) in [7, 11) is 0. The number of hydrogen-bond donors (Lipinski definition) is 1. The van der Waals surface area contributed by atoms with Gasteiger partial charge in [-0.15, -0.1) is 0 Å². The van der Waals surface area contributed by atoms with Gasteiger partial charge in [0.1, 0.15) is 0 Å². The first-order valence-electron chi connectivity index (χ1n) is 7.82. The van der Waals surface area contributed by atoms with Crippen LogP contribution in [0.15, 0.2) is 83.7 Å². The fourth-order valence-electron chi connectivity index (χ4n) is 2.70. The molecule has 1 aromatic heterocycles. The average molecular weight is 348 g/mol. The van der Waals surface area contributed by atoms with E-state index in [1.165, 1.54) is 4.68 Å². The van der Waals surface area contributed by atoms with E-state index in [2.05, 4.69) is 5.43 Å². The monoisotopic (exact) mass is 347 g/mol. The number of benzene rings is 3. The summed E-state index contributed by atoms with van der Waals surface area (Å²) in [5.74, 6) is 0.546. The van der Waals surface area contributed by atoms with Crippen molar-refractivity contribution in [2.75, 3.05) is 5.43 Å². The third kappa shape index (κ3) is 2.99. The Morgan fingerprint density at radius 3 is 2.44 bits per heavy atom. The maximum absolute atomic E-state index is 13.0. The molecule has 1 N–H and O–H groups in total. The highest BCUT2D eigenvalue weighted by Gasteiger charge is 2.12. The van der Waals surface area contributed by atoms with E-state index in [0.717, 1.165) is 5.56 Å². The Morgan fingerprint density at radius 1 is 0.880 bits per heavy atom. The van der Waals surface area contributed by atoms with Crippen molar-refractivity contribution in [3.05, 3.63) is 94.2 Å². The second-order valence-corrected chi connectivity index (χ2v) is 6.02. The van der Waals surface area contributed by atoms with E-state index < -0.39 is 0 Å². The third-order valence-electron chi connectivity index (χ3n) is 3.87. The highest BCUT2D eigenvalue weighted by Crippen LogP contribution is 2.20. The Morgan fingerprint density at radius 2 is 1.64 bits per heavy atom. The van der Waals surface area contributed by atoms with E-state index in [0.29, 0.717) is 27.4 Å². The molecule has 0 unspecified atom stereocenters. The van der Waals surface area contributed by atoms with Crippen LogP contribution in [-0.4, -0.2) is 9.66 Å². The molecule has 0 radical (unpaired) electrons. The van der Waals surface area contributed by atoms with Crippen LogP contribution in [0.4, 0.5) is 5.69 Å². The Balaban J connectivity index is 1.97. The molecule has 0 bridgehead atoms. The van der Waals surface area contributed by atoms with Crippen LogP contribution in [0.5, 0.6) is 0 Å². The molecule has 0 saturated heterocycles. The Bertz CT molecular complexity index is 1110. The second kappa shape index (κ2) is 6.42. The lowest BCUT2D eigenvalue weighted by Crippen LogP contribution is -2.29. The molecule has 0 fully saturated rings. The molecule has 0 aliphatic rings. The molecule has 5 heteroatoms. The van der Waals surface area contributed by atoms with Gasteiger partial charge in [0, 0.05) is 10.6 Å². The van der Waals surface area contributed by atoms with Crippen LogP contribution in [0.1, 0.15) is 0 Å². The van der Waals surface area contributed by atoms with Gasteiger partial charge in [-0.2, -0.15) is 0 Å². The summed E-state index contributed by atoms with van der Waals surface area (Å²) >= 11 is 6.06. The normalized spacial score (nSPS) is 10.8. The van der Waals surface area contributed by atoms with E-state index in [-0.39, 0.29) is 5.56 Å². The van der Waals surface area contributed by atoms with Crippen molar-refractivity contribution in [3.8, 4) is 11.4 Å². The van der Waals surface area contributed by atoms with Gasteiger partial charge in [-0.1, -0.05) is 60.1 Å². The SMILES string of the molecule is O=c1c2ccccc2nc(-c2ccccc2)n1Nc1cccc(Cl)c1. The number of nitrogens with one attached hydrogen (secondary N) is 1.